The van der Waals surface area contributed by atoms with E-state index < -0.39 is 0 Å². The van der Waals surface area contributed by atoms with Gasteiger partial charge < -0.3 is 5.32 Å². The first-order valence-electron chi connectivity index (χ1n) is 8.80. The van der Waals surface area contributed by atoms with E-state index in [4.69, 9.17) is 0 Å². The second kappa shape index (κ2) is 7.78. The molecule has 0 aliphatic heterocycles. The lowest BCUT2D eigenvalue weighted by Crippen LogP contribution is -2.27. The molecule has 3 aromatic heterocycles. The van der Waals surface area contributed by atoms with Gasteiger partial charge in [-0.15, -0.1) is 0 Å². The quantitative estimate of drug-likeness (QED) is 0.541. The van der Waals surface area contributed by atoms with Gasteiger partial charge in [0, 0.05) is 24.5 Å². The van der Waals surface area contributed by atoms with Crippen molar-refractivity contribution >= 4 is 22.6 Å². The number of carbonyl (C=O) groups is 1. The van der Waals surface area contributed by atoms with E-state index >= 15 is 0 Å². The van der Waals surface area contributed by atoms with E-state index in [0.29, 0.717) is 22.4 Å². The predicted octanol–water partition coefficient (Wildman–Crippen LogP) is 1.56. The number of hydrogen-bond donors (Lipinski definition) is 1. The Bertz CT molecular complexity index is 1310. The number of carbonyl (C=O) groups excluding carboxylic acids is 1. The summed E-state index contributed by atoms with van der Waals surface area (Å²) in [6, 6.07) is 12.7. The zero-order chi connectivity index (χ0) is 20.2. The zero-order valence-corrected chi connectivity index (χ0v) is 15.5. The Kier molecular flexibility index (Phi) is 4.86. The predicted molar refractivity (Wildman–Crippen MR) is 108 cm³/mol. The molecule has 8 heteroatoms. The van der Waals surface area contributed by atoms with Gasteiger partial charge in [-0.3, -0.25) is 18.8 Å². The summed E-state index contributed by atoms with van der Waals surface area (Å²) < 4.78 is 2.77. The maximum Gasteiger partial charge on any atom is 0.264 e. The van der Waals surface area contributed by atoms with Crippen molar-refractivity contribution in [2.75, 3.05) is 5.32 Å². The largest absolute Gasteiger partial charge is 0.324 e. The van der Waals surface area contributed by atoms with Crippen LogP contribution in [0.2, 0.25) is 0 Å². The van der Waals surface area contributed by atoms with Crippen LogP contribution in [0, 0.1) is 11.8 Å². The number of nitrogens with one attached hydrogen (secondary N) is 1. The Morgan fingerprint density at radius 2 is 2.03 bits per heavy atom. The molecule has 8 nitrogen and oxygen atoms in total. The van der Waals surface area contributed by atoms with Crippen molar-refractivity contribution in [3.8, 4) is 11.8 Å². The zero-order valence-electron chi connectivity index (χ0n) is 15.5. The highest BCUT2D eigenvalue weighted by Gasteiger charge is 2.11. The molecule has 4 aromatic rings. The van der Waals surface area contributed by atoms with Gasteiger partial charge in [0.05, 0.1) is 6.20 Å². The maximum atomic E-state index is 12.5. The number of pyridine rings is 1. The Balaban J connectivity index is 1.49. The second-order valence-corrected chi connectivity index (χ2v) is 6.28. The van der Waals surface area contributed by atoms with E-state index in [2.05, 4.69) is 32.2 Å². The molecular formula is C21H16N6O2. The van der Waals surface area contributed by atoms with Crippen LogP contribution in [0.3, 0.4) is 0 Å². The number of aromatic nitrogens is 5. The Labute approximate surface area is 165 Å². The van der Waals surface area contributed by atoms with Gasteiger partial charge in [0.1, 0.15) is 24.0 Å². The third-order valence-electron chi connectivity index (χ3n) is 4.18. The van der Waals surface area contributed by atoms with Crippen molar-refractivity contribution in [3.63, 3.8) is 0 Å². The Morgan fingerprint density at radius 1 is 1.14 bits per heavy atom. The number of aryl methyl sites for hydroxylation is 1. The number of benzene rings is 1. The van der Waals surface area contributed by atoms with Gasteiger partial charge in [0.2, 0.25) is 5.91 Å². The molecule has 0 saturated heterocycles. The first-order valence-corrected chi connectivity index (χ1v) is 8.80. The summed E-state index contributed by atoms with van der Waals surface area (Å²) in [7, 11) is 1.70. The van der Waals surface area contributed by atoms with Crippen molar-refractivity contribution in [2.45, 2.75) is 6.54 Å². The Hall–Kier alpha value is -4.25. The minimum atomic E-state index is -0.341. The summed E-state index contributed by atoms with van der Waals surface area (Å²) in [5.74, 6) is 5.65. The Morgan fingerprint density at radius 3 is 2.86 bits per heavy atom. The molecule has 0 unspecified atom stereocenters. The highest BCUT2D eigenvalue weighted by molar-refractivity contribution is 5.90. The molecule has 1 aromatic carbocycles. The van der Waals surface area contributed by atoms with Crippen LogP contribution >= 0.6 is 0 Å². The van der Waals surface area contributed by atoms with Gasteiger partial charge in [0.15, 0.2) is 5.65 Å². The van der Waals surface area contributed by atoms with Gasteiger partial charge in [-0.05, 0) is 36.3 Å². The number of hydrogen-bond acceptors (Lipinski definition) is 5. The lowest BCUT2D eigenvalue weighted by atomic mass is 10.2. The van der Waals surface area contributed by atoms with Crippen LogP contribution < -0.4 is 10.9 Å². The first-order chi connectivity index (χ1) is 14.1. The summed E-state index contributed by atoms with van der Waals surface area (Å²) >= 11 is 0. The van der Waals surface area contributed by atoms with Crippen LogP contribution in [0.5, 0.6) is 0 Å². The van der Waals surface area contributed by atoms with E-state index in [-0.39, 0.29) is 18.0 Å². The monoisotopic (exact) mass is 384 g/mol. The van der Waals surface area contributed by atoms with E-state index in [1.807, 2.05) is 24.3 Å². The van der Waals surface area contributed by atoms with Crippen LogP contribution in [0.25, 0.3) is 11.0 Å². The first kappa shape index (κ1) is 18.1. The fourth-order valence-electron chi connectivity index (χ4n) is 2.78. The van der Waals surface area contributed by atoms with Gasteiger partial charge >= 0.3 is 0 Å². The molecule has 0 fully saturated rings. The molecule has 1 N–H and O–H groups in total. The normalized spacial score (nSPS) is 10.4. The SMILES string of the molecule is Cn1ncc2c(=O)n(CC(=O)Nc3cccc(C#Cc4ccccn4)c3)cnc21. The van der Waals surface area contributed by atoms with Crippen LogP contribution in [-0.2, 0) is 18.4 Å². The lowest BCUT2D eigenvalue weighted by molar-refractivity contribution is -0.116. The average molecular weight is 384 g/mol. The van der Waals surface area contributed by atoms with E-state index in [1.54, 1.807) is 31.4 Å². The average Bonchev–Trinajstić information content (AvgIpc) is 3.11. The third kappa shape index (κ3) is 4.04. The molecule has 0 atom stereocenters. The molecule has 4 rings (SSSR count). The maximum absolute atomic E-state index is 12.5. The van der Waals surface area contributed by atoms with E-state index in [0.717, 1.165) is 5.56 Å². The van der Waals surface area contributed by atoms with Crippen molar-refractivity contribution in [3.05, 3.63) is 82.8 Å². The van der Waals surface area contributed by atoms with Gasteiger partial charge in [-0.2, -0.15) is 5.10 Å². The van der Waals surface area contributed by atoms with E-state index in [9.17, 15) is 9.59 Å². The lowest BCUT2D eigenvalue weighted by Gasteiger charge is -2.07. The van der Waals surface area contributed by atoms with Gasteiger partial charge in [0.25, 0.3) is 5.56 Å². The third-order valence-corrected chi connectivity index (χ3v) is 4.18. The van der Waals surface area contributed by atoms with Crippen LogP contribution in [0.4, 0.5) is 5.69 Å². The summed E-state index contributed by atoms with van der Waals surface area (Å²) in [6.07, 6.45) is 4.48. The minimum absolute atomic E-state index is 0.152. The van der Waals surface area contributed by atoms with Gasteiger partial charge in [-0.1, -0.05) is 18.1 Å². The fourth-order valence-corrected chi connectivity index (χ4v) is 2.78. The summed E-state index contributed by atoms with van der Waals surface area (Å²) in [5.41, 5.74) is 2.16. The van der Waals surface area contributed by atoms with Crippen molar-refractivity contribution in [1.29, 1.82) is 0 Å². The number of anilines is 1. The smallest absolute Gasteiger partial charge is 0.264 e. The molecule has 0 saturated carbocycles. The molecule has 1 amide bonds. The van der Waals surface area contributed by atoms with E-state index in [1.165, 1.54) is 21.8 Å². The topological polar surface area (TPSA) is 94.7 Å². The molecule has 0 aliphatic carbocycles. The highest BCUT2D eigenvalue weighted by Crippen LogP contribution is 2.10. The molecular weight excluding hydrogens is 368 g/mol. The van der Waals surface area contributed by atoms with Crippen LogP contribution in [-0.4, -0.2) is 30.2 Å². The number of amides is 1. The second-order valence-electron chi connectivity index (χ2n) is 6.28. The minimum Gasteiger partial charge on any atom is -0.324 e. The van der Waals surface area contributed by atoms with Gasteiger partial charge in [-0.25, -0.2) is 9.97 Å². The van der Waals surface area contributed by atoms with Crippen LogP contribution in [0.15, 0.2) is 66.0 Å². The number of nitrogens with zero attached hydrogens (tertiary/aromatic N) is 5. The number of rotatable bonds is 3. The molecule has 29 heavy (non-hydrogen) atoms. The van der Waals surface area contributed by atoms with Crippen LogP contribution in [0.1, 0.15) is 11.3 Å². The fraction of sp³-hybridized carbons (Fsp3) is 0.0952. The standard InChI is InChI=1S/C21H16N6O2/c1-26-20-18(12-24-26)21(29)27(14-23-20)13-19(28)25-17-7-4-5-15(11-17)8-9-16-6-2-3-10-22-16/h2-7,10-12,14H,13H2,1H3,(H,25,28). The number of fused-ring (bicyclic) bond motifs is 1. The molecule has 0 spiro atoms. The highest BCUT2D eigenvalue weighted by atomic mass is 16.2. The molecule has 3 heterocycles. The van der Waals surface area contributed by atoms with Crippen molar-refractivity contribution < 1.29 is 4.79 Å². The molecule has 0 radical (unpaired) electrons. The molecule has 0 aliphatic rings. The summed E-state index contributed by atoms with van der Waals surface area (Å²) in [4.78, 5) is 33.2. The molecule has 142 valence electrons. The summed E-state index contributed by atoms with van der Waals surface area (Å²) in [5, 5.41) is 7.17. The molecule has 0 bridgehead atoms. The van der Waals surface area contributed by atoms with Crippen molar-refractivity contribution in [1.82, 2.24) is 24.3 Å². The van der Waals surface area contributed by atoms with Crippen molar-refractivity contribution in [2.24, 2.45) is 7.05 Å². The summed E-state index contributed by atoms with van der Waals surface area (Å²) in [6.45, 7) is -0.152.